The van der Waals surface area contributed by atoms with Gasteiger partial charge in [-0.1, -0.05) is 92.7 Å². The van der Waals surface area contributed by atoms with Crippen LogP contribution in [0, 0.1) is 23.7 Å². The molecule has 0 aliphatic heterocycles. The molecule has 1 heteroatoms. The van der Waals surface area contributed by atoms with Crippen LogP contribution in [-0.2, 0) is 10.8 Å². The van der Waals surface area contributed by atoms with Gasteiger partial charge in [-0.15, -0.1) is 0 Å². The van der Waals surface area contributed by atoms with Gasteiger partial charge in [0, 0.05) is 27.9 Å². The second-order valence-electron chi connectivity index (χ2n) is 15.0. The van der Waals surface area contributed by atoms with Gasteiger partial charge in [-0.2, -0.15) is 0 Å². The molecule has 5 aromatic carbocycles. The van der Waals surface area contributed by atoms with E-state index in [0.29, 0.717) is 0 Å². The fourth-order valence-electron chi connectivity index (χ4n) is 11.2. The zero-order valence-electron chi connectivity index (χ0n) is 25.8. The Bertz CT molecular complexity index is 1930. The molecule has 1 spiro atoms. The van der Waals surface area contributed by atoms with E-state index in [1.54, 1.807) is 11.1 Å². The Labute approximate surface area is 261 Å². The van der Waals surface area contributed by atoms with Crippen molar-refractivity contribution in [2.24, 2.45) is 23.7 Å². The Kier molecular flexibility index (Phi) is 5.02. The SMILES string of the molecule is CC1(C)c2ccccc2-c2cc(N(c3ccccc3)c3ccc4c(c3)C3(c5ccccc5-4)C4CC5CC(C4)CC3C5)ccc21. The number of fused-ring (bicyclic) bond motifs is 6. The lowest BCUT2D eigenvalue weighted by atomic mass is 9.43. The number of hydrogen-bond acceptors (Lipinski definition) is 1. The first-order valence-corrected chi connectivity index (χ1v) is 16.9. The van der Waals surface area contributed by atoms with E-state index in [-0.39, 0.29) is 10.8 Å². The molecule has 0 heterocycles. The molecule has 11 rings (SSSR count). The van der Waals surface area contributed by atoms with Crippen LogP contribution in [0.2, 0.25) is 0 Å². The third-order valence-corrected chi connectivity index (χ3v) is 12.6. The summed E-state index contributed by atoms with van der Waals surface area (Å²) in [6.07, 6.45) is 7.12. The normalized spacial score (nSPS) is 27.6. The molecule has 1 nitrogen and oxygen atoms in total. The summed E-state index contributed by atoms with van der Waals surface area (Å²) in [7, 11) is 0. The highest BCUT2D eigenvalue weighted by Crippen LogP contribution is 2.69. The third-order valence-electron chi connectivity index (χ3n) is 12.6. The molecule has 44 heavy (non-hydrogen) atoms. The van der Waals surface area contributed by atoms with Crippen molar-refractivity contribution in [1.82, 2.24) is 0 Å². The van der Waals surface area contributed by atoms with E-state index in [4.69, 9.17) is 0 Å². The predicted octanol–water partition coefficient (Wildman–Crippen LogP) is 11.2. The molecule has 216 valence electrons. The Balaban J connectivity index is 1.18. The highest BCUT2D eigenvalue weighted by atomic mass is 15.1. The molecule has 0 radical (unpaired) electrons. The minimum absolute atomic E-state index is 0.00717. The van der Waals surface area contributed by atoms with Gasteiger partial charge >= 0.3 is 0 Å². The van der Waals surface area contributed by atoms with Gasteiger partial charge in [0.05, 0.1) is 0 Å². The molecular formula is C43H39N. The van der Waals surface area contributed by atoms with Crippen LogP contribution in [0.3, 0.4) is 0 Å². The predicted molar refractivity (Wildman–Crippen MR) is 182 cm³/mol. The maximum Gasteiger partial charge on any atom is 0.0468 e. The average molecular weight is 570 g/mol. The van der Waals surface area contributed by atoms with E-state index in [1.165, 1.54) is 82.5 Å². The largest absolute Gasteiger partial charge is 0.310 e. The van der Waals surface area contributed by atoms with Crippen LogP contribution in [0.15, 0.2) is 115 Å². The minimum atomic E-state index is 0.00717. The van der Waals surface area contributed by atoms with E-state index in [2.05, 4.69) is 134 Å². The van der Waals surface area contributed by atoms with Crippen molar-refractivity contribution in [3.05, 3.63) is 138 Å². The number of hydrogen-bond donors (Lipinski definition) is 0. The molecule has 6 aliphatic rings. The molecule has 0 saturated heterocycles. The second-order valence-corrected chi connectivity index (χ2v) is 15.0. The fourth-order valence-corrected chi connectivity index (χ4v) is 11.2. The number of para-hydroxylation sites is 1. The summed E-state index contributed by atoms with van der Waals surface area (Å²) in [6.45, 7) is 4.74. The topological polar surface area (TPSA) is 3.24 Å². The van der Waals surface area contributed by atoms with Crippen LogP contribution in [0.25, 0.3) is 22.3 Å². The van der Waals surface area contributed by atoms with Gasteiger partial charge in [-0.3, -0.25) is 0 Å². The third kappa shape index (κ3) is 3.15. The number of rotatable bonds is 3. The van der Waals surface area contributed by atoms with Crippen molar-refractivity contribution in [3.8, 4) is 22.3 Å². The van der Waals surface area contributed by atoms with E-state index in [9.17, 15) is 0 Å². The average Bonchev–Trinajstić information content (AvgIpc) is 3.46. The first kappa shape index (κ1) is 25.2. The maximum absolute atomic E-state index is 2.62. The van der Waals surface area contributed by atoms with Crippen molar-refractivity contribution in [1.29, 1.82) is 0 Å². The Morgan fingerprint density at radius 2 is 1.00 bits per heavy atom. The highest BCUT2D eigenvalue weighted by Gasteiger charge is 2.61. The van der Waals surface area contributed by atoms with Crippen LogP contribution < -0.4 is 4.90 Å². The zero-order chi connectivity index (χ0) is 29.2. The van der Waals surface area contributed by atoms with E-state index in [1.807, 2.05) is 0 Å². The van der Waals surface area contributed by atoms with Gasteiger partial charge in [0.1, 0.15) is 0 Å². The summed E-state index contributed by atoms with van der Waals surface area (Å²) < 4.78 is 0. The van der Waals surface area contributed by atoms with Gasteiger partial charge in [0.2, 0.25) is 0 Å². The molecule has 0 amide bonds. The van der Waals surface area contributed by atoms with Gasteiger partial charge < -0.3 is 4.90 Å². The van der Waals surface area contributed by atoms with Crippen molar-refractivity contribution >= 4 is 17.1 Å². The first-order valence-electron chi connectivity index (χ1n) is 16.9. The van der Waals surface area contributed by atoms with Gasteiger partial charge in [0.15, 0.2) is 0 Å². The monoisotopic (exact) mass is 569 g/mol. The second kappa shape index (κ2) is 8.75. The maximum atomic E-state index is 2.62. The van der Waals surface area contributed by atoms with Crippen molar-refractivity contribution in [2.45, 2.75) is 56.8 Å². The summed E-state index contributed by atoms with van der Waals surface area (Å²) in [6, 6.07) is 44.2. The molecule has 0 unspecified atom stereocenters. The summed E-state index contributed by atoms with van der Waals surface area (Å²) in [5.74, 6) is 3.42. The van der Waals surface area contributed by atoms with Crippen LogP contribution in [0.4, 0.5) is 17.1 Å². The smallest absolute Gasteiger partial charge is 0.0468 e. The number of anilines is 3. The Hall–Kier alpha value is -4.10. The van der Waals surface area contributed by atoms with Crippen LogP contribution in [-0.4, -0.2) is 0 Å². The standard InChI is InChI=1S/C43H39N/c1-42(2)38-14-8-6-13-35(38)37-25-32(17-19-39(37)42)44(31-10-4-3-5-11-31)33-16-18-36-34-12-7-9-15-40(34)43(41(36)26-33)29-21-27-20-28(23-29)24-30(43)22-27/h3-19,25-30H,20-24H2,1-2H3. The molecule has 0 aromatic heterocycles. The van der Waals surface area contributed by atoms with Crippen molar-refractivity contribution in [2.75, 3.05) is 4.90 Å². The molecule has 6 aliphatic carbocycles. The van der Waals surface area contributed by atoms with E-state index < -0.39 is 0 Å². The summed E-state index contributed by atoms with van der Waals surface area (Å²) >= 11 is 0. The quantitative estimate of drug-likeness (QED) is 0.209. The zero-order valence-corrected chi connectivity index (χ0v) is 25.8. The molecule has 5 aromatic rings. The molecule has 0 atom stereocenters. The van der Waals surface area contributed by atoms with E-state index >= 15 is 0 Å². The summed E-state index contributed by atoms with van der Waals surface area (Å²) in [5, 5.41) is 0. The molecule has 4 saturated carbocycles. The number of benzene rings is 5. The molecular weight excluding hydrogens is 530 g/mol. The molecule has 0 N–H and O–H groups in total. The van der Waals surface area contributed by atoms with Crippen molar-refractivity contribution < 1.29 is 0 Å². The van der Waals surface area contributed by atoms with Gasteiger partial charge in [-0.25, -0.2) is 0 Å². The lowest BCUT2D eigenvalue weighted by Crippen LogP contribution is -2.55. The first-order chi connectivity index (χ1) is 21.5. The van der Waals surface area contributed by atoms with Crippen LogP contribution in [0.1, 0.15) is 68.2 Å². The van der Waals surface area contributed by atoms with Gasteiger partial charge in [0.25, 0.3) is 0 Å². The molecule has 4 fully saturated rings. The summed E-state index contributed by atoms with van der Waals surface area (Å²) in [5.41, 5.74) is 15.7. The van der Waals surface area contributed by atoms with Crippen LogP contribution in [0.5, 0.6) is 0 Å². The number of nitrogens with zero attached hydrogens (tertiary/aromatic N) is 1. The summed E-state index contributed by atoms with van der Waals surface area (Å²) in [4.78, 5) is 2.52. The lowest BCUT2D eigenvalue weighted by Gasteiger charge is -2.61. The van der Waals surface area contributed by atoms with Crippen molar-refractivity contribution in [3.63, 3.8) is 0 Å². The molecule has 4 bridgehead atoms. The minimum Gasteiger partial charge on any atom is -0.310 e. The Morgan fingerprint density at radius 3 is 1.73 bits per heavy atom. The highest BCUT2D eigenvalue weighted by molar-refractivity contribution is 5.89. The van der Waals surface area contributed by atoms with Gasteiger partial charge in [-0.05, 0) is 137 Å². The van der Waals surface area contributed by atoms with Crippen LogP contribution >= 0.6 is 0 Å². The fraction of sp³-hybridized carbons (Fsp3) is 0.302. The van der Waals surface area contributed by atoms with E-state index in [0.717, 1.165) is 23.7 Å². The lowest BCUT2D eigenvalue weighted by molar-refractivity contribution is -0.0399. The Morgan fingerprint density at radius 1 is 0.455 bits per heavy atom.